The van der Waals surface area contributed by atoms with Gasteiger partial charge in [-0.15, -0.1) is 0 Å². The summed E-state index contributed by atoms with van der Waals surface area (Å²) in [6.07, 6.45) is 1.08. The van der Waals surface area contributed by atoms with E-state index in [9.17, 15) is 5.26 Å². The maximum atomic E-state index is 9.27. The van der Waals surface area contributed by atoms with E-state index in [1.165, 1.54) is 0 Å². The summed E-state index contributed by atoms with van der Waals surface area (Å²) in [6, 6.07) is 7.97. The van der Waals surface area contributed by atoms with Gasteiger partial charge in [-0.1, -0.05) is 17.7 Å². The Kier molecular flexibility index (Phi) is 5.74. The molecular weight excluding hydrogens is 314 g/mol. The molecule has 0 unspecified atom stereocenters. The largest absolute Gasteiger partial charge is 0.381 e. The summed E-state index contributed by atoms with van der Waals surface area (Å²) in [7, 11) is 0. The molecule has 3 rings (SSSR count). The number of nitrogens with zero attached hydrogens (tertiary/aromatic N) is 2. The highest BCUT2D eigenvalue weighted by atomic mass is 35.5. The molecular formula is C17H22ClN3O2. The third kappa shape index (κ3) is 3.96. The van der Waals surface area contributed by atoms with Crippen molar-refractivity contribution in [2.24, 2.45) is 5.92 Å². The number of para-hydroxylation sites is 1. The van der Waals surface area contributed by atoms with Crippen LogP contribution in [0.2, 0.25) is 5.02 Å². The number of ether oxygens (including phenoxy) is 2. The minimum absolute atomic E-state index is 0.365. The van der Waals surface area contributed by atoms with Crippen molar-refractivity contribution in [2.75, 3.05) is 51.4 Å². The second-order valence-electron chi connectivity index (χ2n) is 5.99. The van der Waals surface area contributed by atoms with Crippen molar-refractivity contribution in [3.05, 3.63) is 28.8 Å². The van der Waals surface area contributed by atoms with Crippen LogP contribution in [0.15, 0.2) is 18.2 Å². The molecule has 0 aromatic heterocycles. The smallest absolute Gasteiger partial charge is 0.101 e. The Labute approximate surface area is 142 Å². The van der Waals surface area contributed by atoms with Crippen molar-refractivity contribution in [2.45, 2.75) is 12.5 Å². The Bertz CT molecular complexity index is 563. The van der Waals surface area contributed by atoms with Crippen molar-refractivity contribution in [3.8, 4) is 6.07 Å². The molecule has 5 nitrogen and oxygen atoms in total. The predicted molar refractivity (Wildman–Crippen MR) is 89.8 cm³/mol. The zero-order valence-corrected chi connectivity index (χ0v) is 13.9. The van der Waals surface area contributed by atoms with Gasteiger partial charge in [-0.2, -0.15) is 5.26 Å². The van der Waals surface area contributed by atoms with E-state index in [1.54, 1.807) is 12.1 Å². The number of morpholine rings is 1. The maximum absolute atomic E-state index is 9.27. The molecule has 0 spiro atoms. The lowest BCUT2D eigenvalue weighted by Crippen LogP contribution is -2.50. The van der Waals surface area contributed by atoms with Crippen LogP contribution in [-0.4, -0.2) is 57.0 Å². The van der Waals surface area contributed by atoms with Crippen LogP contribution >= 0.6 is 11.6 Å². The van der Waals surface area contributed by atoms with Gasteiger partial charge in [0.2, 0.25) is 0 Å². The molecule has 23 heavy (non-hydrogen) atoms. The Hall–Kier alpha value is -1.32. The van der Waals surface area contributed by atoms with Crippen LogP contribution in [0.4, 0.5) is 5.69 Å². The SMILES string of the molecule is N#Cc1cccc(Cl)c1NC[C@H]([C@H]1CCOC1)N1CCOCC1. The number of halogens is 1. The lowest BCUT2D eigenvalue weighted by Gasteiger charge is -2.37. The first kappa shape index (κ1) is 16.5. The molecule has 0 saturated carbocycles. The molecule has 2 aliphatic heterocycles. The number of hydrogen-bond donors (Lipinski definition) is 1. The molecule has 6 heteroatoms. The highest BCUT2D eigenvalue weighted by molar-refractivity contribution is 6.33. The molecule has 2 saturated heterocycles. The van der Waals surface area contributed by atoms with Gasteiger partial charge in [0, 0.05) is 38.2 Å². The average Bonchev–Trinajstić information content (AvgIpc) is 3.11. The third-order valence-corrected chi connectivity index (χ3v) is 4.96. The molecule has 2 aliphatic rings. The summed E-state index contributed by atoms with van der Waals surface area (Å²) >= 11 is 6.27. The van der Waals surface area contributed by atoms with Gasteiger partial charge in [-0.05, 0) is 18.6 Å². The highest BCUT2D eigenvalue weighted by Crippen LogP contribution is 2.27. The fourth-order valence-corrected chi connectivity index (χ4v) is 3.60. The zero-order chi connectivity index (χ0) is 16.1. The number of nitrogens with one attached hydrogen (secondary N) is 1. The Morgan fingerprint density at radius 1 is 1.30 bits per heavy atom. The average molecular weight is 336 g/mol. The molecule has 1 N–H and O–H groups in total. The van der Waals surface area contributed by atoms with E-state index in [0.717, 1.165) is 58.2 Å². The summed E-state index contributed by atoms with van der Waals surface area (Å²) in [5, 5.41) is 13.3. The second-order valence-corrected chi connectivity index (χ2v) is 6.40. The van der Waals surface area contributed by atoms with Crippen molar-refractivity contribution in [1.29, 1.82) is 5.26 Å². The van der Waals surface area contributed by atoms with Gasteiger partial charge < -0.3 is 14.8 Å². The standard InChI is InChI=1S/C17H22ClN3O2/c18-15-3-1-2-13(10-19)17(15)20-11-16(14-4-7-23-12-14)21-5-8-22-9-6-21/h1-3,14,16,20H,4-9,11-12H2/t14-,16+/m0/s1. The predicted octanol–water partition coefficient (Wildman–Crippen LogP) is 2.36. The zero-order valence-electron chi connectivity index (χ0n) is 13.1. The summed E-state index contributed by atoms with van der Waals surface area (Å²) < 4.78 is 11.1. The van der Waals surface area contributed by atoms with Gasteiger partial charge in [0.1, 0.15) is 6.07 Å². The van der Waals surface area contributed by atoms with E-state index in [4.69, 9.17) is 21.1 Å². The topological polar surface area (TPSA) is 57.5 Å². The van der Waals surface area contributed by atoms with Gasteiger partial charge in [-0.3, -0.25) is 4.90 Å². The minimum atomic E-state index is 0.365. The number of anilines is 1. The first-order valence-electron chi connectivity index (χ1n) is 8.11. The number of nitriles is 1. The van der Waals surface area contributed by atoms with Gasteiger partial charge in [0.05, 0.1) is 36.1 Å². The van der Waals surface area contributed by atoms with E-state index >= 15 is 0 Å². The van der Waals surface area contributed by atoms with Crippen LogP contribution in [0.1, 0.15) is 12.0 Å². The van der Waals surface area contributed by atoms with Crippen LogP contribution in [0, 0.1) is 17.2 Å². The summed E-state index contributed by atoms with van der Waals surface area (Å²) in [4.78, 5) is 2.47. The van der Waals surface area contributed by atoms with Crippen molar-refractivity contribution in [3.63, 3.8) is 0 Å². The fourth-order valence-electron chi connectivity index (χ4n) is 3.36. The number of rotatable bonds is 5. The lowest BCUT2D eigenvalue weighted by atomic mass is 9.96. The number of hydrogen-bond acceptors (Lipinski definition) is 5. The molecule has 2 atom stereocenters. The minimum Gasteiger partial charge on any atom is -0.381 e. The quantitative estimate of drug-likeness (QED) is 0.895. The van der Waals surface area contributed by atoms with Crippen molar-refractivity contribution >= 4 is 17.3 Å². The molecule has 1 aromatic carbocycles. The first-order valence-corrected chi connectivity index (χ1v) is 8.49. The monoisotopic (exact) mass is 335 g/mol. The van der Waals surface area contributed by atoms with Crippen LogP contribution in [0.3, 0.4) is 0 Å². The van der Waals surface area contributed by atoms with Gasteiger partial charge in [0.15, 0.2) is 0 Å². The molecule has 2 fully saturated rings. The third-order valence-electron chi connectivity index (χ3n) is 4.65. The normalized spacial score (nSPS) is 23.4. The Morgan fingerprint density at radius 3 is 2.83 bits per heavy atom. The molecule has 0 aliphatic carbocycles. The van der Waals surface area contributed by atoms with Crippen LogP contribution in [0.5, 0.6) is 0 Å². The van der Waals surface area contributed by atoms with Crippen LogP contribution in [-0.2, 0) is 9.47 Å². The van der Waals surface area contributed by atoms with E-state index < -0.39 is 0 Å². The van der Waals surface area contributed by atoms with E-state index in [1.807, 2.05) is 6.07 Å². The second kappa shape index (κ2) is 7.98. The first-order chi connectivity index (χ1) is 11.3. The summed E-state index contributed by atoms with van der Waals surface area (Å²) in [6.45, 7) is 5.83. The summed E-state index contributed by atoms with van der Waals surface area (Å²) in [5.74, 6) is 0.508. The van der Waals surface area contributed by atoms with Crippen LogP contribution in [0.25, 0.3) is 0 Å². The Morgan fingerprint density at radius 2 is 2.13 bits per heavy atom. The van der Waals surface area contributed by atoms with E-state index in [2.05, 4.69) is 16.3 Å². The van der Waals surface area contributed by atoms with E-state index in [-0.39, 0.29) is 0 Å². The molecule has 124 valence electrons. The molecule has 1 aromatic rings. The molecule has 2 heterocycles. The Balaban J connectivity index is 1.72. The molecule has 0 bridgehead atoms. The molecule has 0 amide bonds. The highest BCUT2D eigenvalue weighted by Gasteiger charge is 2.31. The lowest BCUT2D eigenvalue weighted by molar-refractivity contribution is 0.00461. The fraction of sp³-hybridized carbons (Fsp3) is 0.588. The van der Waals surface area contributed by atoms with Crippen LogP contribution < -0.4 is 5.32 Å². The summed E-state index contributed by atoms with van der Waals surface area (Å²) in [5.41, 5.74) is 1.31. The number of benzene rings is 1. The van der Waals surface area contributed by atoms with Gasteiger partial charge >= 0.3 is 0 Å². The molecule has 0 radical (unpaired) electrons. The van der Waals surface area contributed by atoms with Gasteiger partial charge in [0.25, 0.3) is 0 Å². The maximum Gasteiger partial charge on any atom is 0.101 e. The van der Waals surface area contributed by atoms with Gasteiger partial charge in [-0.25, -0.2) is 0 Å². The van der Waals surface area contributed by atoms with Crippen molar-refractivity contribution in [1.82, 2.24) is 4.90 Å². The van der Waals surface area contributed by atoms with E-state index in [0.29, 0.717) is 22.5 Å². The van der Waals surface area contributed by atoms with Crippen molar-refractivity contribution < 1.29 is 9.47 Å².